The molecule has 2 aliphatic heterocycles. The van der Waals surface area contributed by atoms with Crippen molar-refractivity contribution in [2.45, 2.75) is 0 Å². The van der Waals surface area contributed by atoms with Crippen LogP contribution in [0.2, 0.25) is 0 Å². The van der Waals surface area contributed by atoms with Gasteiger partial charge in [0.05, 0.1) is 83.6 Å². The highest BCUT2D eigenvalue weighted by Crippen LogP contribution is 2.54. The molecule has 0 atom stereocenters. The van der Waals surface area contributed by atoms with Gasteiger partial charge in [-0.15, -0.1) is 0 Å². The summed E-state index contributed by atoms with van der Waals surface area (Å²) in [4.78, 5) is 0. The van der Waals surface area contributed by atoms with E-state index >= 15 is 0 Å². The van der Waals surface area contributed by atoms with E-state index in [0.29, 0.717) is 0 Å². The van der Waals surface area contributed by atoms with Gasteiger partial charge in [0.1, 0.15) is 0 Å². The molecule has 112 heavy (non-hydrogen) atoms. The van der Waals surface area contributed by atoms with Crippen LogP contribution in [0.4, 0.5) is 0 Å². The number of hydrogen-bond donors (Lipinski definition) is 0. The number of rotatable bonds is 7. The predicted molar refractivity (Wildman–Crippen MR) is 475 cm³/mol. The van der Waals surface area contributed by atoms with E-state index in [4.69, 9.17) is 0 Å². The fourth-order valence-electron chi connectivity index (χ4n) is 20.8. The minimum Gasteiger partial charge on any atom is -0.308 e. The molecule has 5 nitrogen and oxygen atoms in total. The van der Waals surface area contributed by atoms with Gasteiger partial charge in [0, 0.05) is 53.9 Å². The molecular formula is C106H62BN5. The highest BCUT2D eigenvalue weighted by atomic mass is 15.2. The molecule has 5 aromatic heterocycles. The van der Waals surface area contributed by atoms with Gasteiger partial charge in [0.2, 0.25) is 0 Å². The second-order valence-electron chi connectivity index (χ2n) is 30.9. The van der Waals surface area contributed by atoms with Crippen molar-refractivity contribution in [3.8, 4) is 72.9 Å². The Balaban J connectivity index is 0.976. The number of para-hydroxylation sites is 6. The second kappa shape index (κ2) is 22.5. The first-order valence-corrected chi connectivity index (χ1v) is 39.0. The lowest BCUT2D eigenvalue weighted by atomic mass is 9.34. The molecule has 0 N–H and O–H groups in total. The maximum absolute atomic E-state index is 2.80. The van der Waals surface area contributed by atoms with Crippen LogP contribution in [0.3, 0.4) is 0 Å². The predicted octanol–water partition coefficient (Wildman–Crippen LogP) is 25.6. The third-order valence-corrected chi connectivity index (χ3v) is 25.3. The lowest BCUT2D eigenvalue weighted by Gasteiger charge is -2.39. The van der Waals surface area contributed by atoms with Crippen LogP contribution in [-0.2, 0) is 0 Å². The molecule has 514 valence electrons. The van der Waals surface area contributed by atoms with Gasteiger partial charge in [-0.05, 0) is 177 Å². The van der Waals surface area contributed by atoms with E-state index in [1.165, 1.54) is 169 Å². The Kier molecular flexibility index (Phi) is 12.1. The highest BCUT2D eigenvalue weighted by molar-refractivity contribution is 7.01. The molecule has 0 saturated heterocycles. The lowest BCUT2D eigenvalue weighted by Crippen LogP contribution is -2.60. The molecule has 0 unspecified atom stereocenters. The molecular weight excluding hydrogens is 1350 g/mol. The molecule has 26 rings (SSSR count). The second-order valence-corrected chi connectivity index (χ2v) is 30.9. The Labute approximate surface area is 642 Å². The maximum atomic E-state index is 2.80. The van der Waals surface area contributed by atoms with E-state index < -0.39 is 0 Å². The van der Waals surface area contributed by atoms with Crippen molar-refractivity contribution in [1.82, 2.24) is 22.8 Å². The standard InChI is InChI=1S/C106H62BN5/c1-5-25-63(26-6-1)67-45-51-75-71(57-67)49-55-93-95(75)97-77-53-47-69(65-29-9-3-10-30-65)59-73(77)61-85-100(97)111(93)102-99-103(112-94-56-50-72-58-68(64-27-7-2-8-28-64)46-52-76(72)96(94)98-78-54-48-70(66-31-11-4-12-32-66)60-74(78)62-86(101(98)112)107(85)99)105(109-89-41-21-15-35-81(89)82-36-16-22-42-90(82)109)106(110-91-43-23-17-37-83(91)84-38-18-24-44-92(84)110)104(102)108-87-39-19-13-33-79(87)80-34-14-20-40-88(80)108/h1-62H. The monoisotopic (exact) mass is 1420 g/mol. The Morgan fingerprint density at radius 1 is 0.161 bits per heavy atom. The van der Waals surface area contributed by atoms with Gasteiger partial charge in [-0.1, -0.05) is 303 Å². The van der Waals surface area contributed by atoms with Crippen LogP contribution in [0, 0.1) is 0 Å². The van der Waals surface area contributed by atoms with Gasteiger partial charge in [0.25, 0.3) is 6.71 Å². The average molecular weight is 1420 g/mol. The third-order valence-electron chi connectivity index (χ3n) is 25.3. The van der Waals surface area contributed by atoms with Crippen LogP contribution in [0.1, 0.15) is 0 Å². The van der Waals surface area contributed by atoms with Crippen molar-refractivity contribution in [1.29, 1.82) is 0 Å². The first-order valence-electron chi connectivity index (χ1n) is 39.0. The Morgan fingerprint density at radius 2 is 0.420 bits per heavy atom. The van der Waals surface area contributed by atoms with Crippen LogP contribution in [0.15, 0.2) is 376 Å². The van der Waals surface area contributed by atoms with Gasteiger partial charge >= 0.3 is 0 Å². The zero-order valence-electron chi connectivity index (χ0n) is 60.6. The number of aromatic nitrogens is 5. The molecule has 0 bridgehead atoms. The minimum atomic E-state index is -0.379. The largest absolute Gasteiger partial charge is 0.308 e. The summed E-state index contributed by atoms with van der Waals surface area (Å²) in [6.07, 6.45) is 0. The topological polar surface area (TPSA) is 24.6 Å². The molecule has 0 amide bonds. The number of hydrogen-bond acceptors (Lipinski definition) is 0. The molecule has 7 heterocycles. The van der Waals surface area contributed by atoms with Gasteiger partial charge in [-0.3, -0.25) is 0 Å². The number of nitrogens with zero attached hydrogens (tertiary/aromatic N) is 5. The molecule has 0 saturated carbocycles. The lowest BCUT2D eigenvalue weighted by molar-refractivity contribution is 1.00. The number of fused-ring (bicyclic) bond motifs is 27. The SMILES string of the molecule is c1ccc(-c2ccc3c(ccc4c3c3c5ccc(-c6ccccc6)cc5cc5c3n4-c3c4c(c(-n6c7ccccc7c7ccccc76)c(-n6c7ccccc7c7ccccc76)c3-n3c6ccccc6c6ccccc63)-n3c6ccc7cc(-c8ccccc8)ccc7c6c6c7ccc(-c8ccccc8)cc7cc(c63)B45)c2)cc1. The zero-order valence-corrected chi connectivity index (χ0v) is 60.6. The van der Waals surface area contributed by atoms with Crippen LogP contribution in [0.5, 0.6) is 0 Å². The summed E-state index contributed by atoms with van der Waals surface area (Å²) in [5.41, 5.74) is 30.3. The average Bonchev–Trinajstić information content (AvgIpc) is 1.44. The van der Waals surface area contributed by atoms with E-state index in [0.717, 1.165) is 72.6 Å². The van der Waals surface area contributed by atoms with E-state index in [9.17, 15) is 0 Å². The van der Waals surface area contributed by atoms with Crippen molar-refractivity contribution in [2.75, 3.05) is 0 Å². The minimum absolute atomic E-state index is 0.379. The van der Waals surface area contributed by atoms with Crippen LogP contribution < -0.4 is 16.4 Å². The van der Waals surface area contributed by atoms with Crippen molar-refractivity contribution in [2.24, 2.45) is 0 Å². The summed E-state index contributed by atoms with van der Waals surface area (Å²) in [5.74, 6) is 0. The van der Waals surface area contributed by atoms with Gasteiger partial charge < -0.3 is 22.8 Å². The molecule has 19 aromatic carbocycles. The summed E-state index contributed by atoms with van der Waals surface area (Å²) in [7, 11) is 0. The van der Waals surface area contributed by atoms with Crippen LogP contribution in [-0.4, -0.2) is 29.5 Å². The van der Waals surface area contributed by atoms with Crippen LogP contribution >= 0.6 is 0 Å². The highest BCUT2D eigenvalue weighted by Gasteiger charge is 2.47. The van der Waals surface area contributed by atoms with E-state index in [1.54, 1.807) is 0 Å². The Hall–Kier alpha value is -14.7. The molecule has 0 radical (unpaired) electrons. The molecule has 6 heteroatoms. The van der Waals surface area contributed by atoms with E-state index in [2.05, 4.69) is 399 Å². The molecule has 0 spiro atoms. The summed E-state index contributed by atoms with van der Waals surface area (Å²) in [6.45, 7) is -0.379. The fourth-order valence-corrected chi connectivity index (χ4v) is 20.8. The van der Waals surface area contributed by atoms with Gasteiger partial charge in [-0.2, -0.15) is 0 Å². The Bertz CT molecular complexity index is 7710. The van der Waals surface area contributed by atoms with Crippen molar-refractivity contribution >= 4 is 175 Å². The summed E-state index contributed by atoms with van der Waals surface area (Å²) < 4.78 is 13.7. The molecule has 0 fully saturated rings. The maximum Gasteiger partial charge on any atom is 0.252 e. The van der Waals surface area contributed by atoms with Crippen molar-refractivity contribution in [3.63, 3.8) is 0 Å². The van der Waals surface area contributed by atoms with E-state index in [1.807, 2.05) is 0 Å². The first-order chi connectivity index (χ1) is 55.6. The first kappa shape index (κ1) is 60.3. The van der Waals surface area contributed by atoms with Crippen molar-refractivity contribution in [3.05, 3.63) is 376 Å². The van der Waals surface area contributed by atoms with Crippen LogP contribution in [0.25, 0.3) is 225 Å². The van der Waals surface area contributed by atoms with Gasteiger partial charge in [-0.25, -0.2) is 0 Å². The zero-order chi connectivity index (χ0) is 72.7. The van der Waals surface area contributed by atoms with E-state index in [-0.39, 0.29) is 6.71 Å². The summed E-state index contributed by atoms with van der Waals surface area (Å²) >= 11 is 0. The Morgan fingerprint density at radius 3 is 0.723 bits per heavy atom. The molecule has 0 aliphatic carbocycles. The van der Waals surface area contributed by atoms with Crippen molar-refractivity contribution < 1.29 is 0 Å². The molecule has 24 aromatic rings. The number of benzene rings is 19. The van der Waals surface area contributed by atoms with Gasteiger partial charge in [0.15, 0.2) is 0 Å². The smallest absolute Gasteiger partial charge is 0.252 e. The fraction of sp³-hybridized carbons (Fsp3) is 0. The summed E-state index contributed by atoms with van der Waals surface area (Å²) in [6, 6.07) is 143. The normalized spacial score (nSPS) is 12.6. The summed E-state index contributed by atoms with van der Waals surface area (Å²) in [5, 5.41) is 21.8. The quantitative estimate of drug-likeness (QED) is 0.142. The molecule has 2 aliphatic rings. The third kappa shape index (κ3) is 8.01.